The Morgan fingerprint density at radius 2 is 2.06 bits per heavy atom. The van der Waals surface area contributed by atoms with Gasteiger partial charge in [0.1, 0.15) is 0 Å². The normalized spacial score (nSPS) is 12.5. The number of nitrogens with one attached hydrogen (secondary N) is 1. The van der Waals surface area contributed by atoms with Crippen molar-refractivity contribution in [3.05, 3.63) is 47.8 Å². The zero-order valence-electron chi connectivity index (χ0n) is 10.1. The Labute approximate surface area is 106 Å². The van der Waals surface area contributed by atoms with E-state index in [1.165, 1.54) is 5.56 Å². The van der Waals surface area contributed by atoms with Crippen LogP contribution in [-0.4, -0.2) is 11.8 Å². The van der Waals surface area contributed by atoms with Crippen LogP contribution >= 0.6 is 0 Å². The topological polar surface area (TPSA) is 43.4 Å². The summed E-state index contributed by atoms with van der Waals surface area (Å²) in [7, 11) is 0. The van der Waals surface area contributed by atoms with Crippen LogP contribution in [0.15, 0.2) is 36.5 Å². The highest BCUT2D eigenvalue weighted by atomic mass is 16.7. The molecule has 0 radical (unpaired) electrons. The van der Waals surface area contributed by atoms with Gasteiger partial charge in [-0.1, -0.05) is 6.07 Å². The smallest absolute Gasteiger partial charge is 0.231 e. The summed E-state index contributed by atoms with van der Waals surface area (Å²) in [6, 6.07) is 9.91. The van der Waals surface area contributed by atoms with Gasteiger partial charge in [-0.25, -0.2) is 0 Å². The maximum Gasteiger partial charge on any atom is 0.231 e. The molecule has 2 heterocycles. The van der Waals surface area contributed by atoms with Crippen LogP contribution in [0.25, 0.3) is 0 Å². The predicted molar refractivity (Wildman–Crippen MR) is 68.9 cm³/mol. The number of aromatic nitrogens is 1. The minimum atomic E-state index is 0.304. The lowest BCUT2D eigenvalue weighted by atomic mass is 10.2. The maximum absolute atomic E-state index is 5.33. The van der Waals surface area contributed by atoms with E-state index in [-0.39, 0.29) is 0 Å². The minimum Gasteiger partial charge on any atom is -0.454 e. The number of benzene rings is 1. The molecule has 1 aliphatic rings. The summed E-state index contributed by atoms with van der Waals surface area (Å²) in [6.07, 6.45) is 1.87. The van der Waals surface area contributed by atoms with E-state index in [0.717, 1.165) is 22.9 Å². The van der Waals surface area contributed by atoms with Crippen molar-refractivity contribution in [1.82, 2.24) is 4.98 Å². The van der Waals surface area contributed by atoms with Crippen molar-refractivity contribution < 1.29 is 9.47 Å². The average Bonchev–Trinajstić information content (AvgIpc) is 2.85. The van der Waals surface area contributed by atoms with Gasteiger partial charge in [0.15, 0.2) is 11.5 Å². The Balaban J connectivity index is 1.68. The first-order chi connectivity index (χ1) is 8.81. The SMILES string of the molecule is Cc1ccc(CNc2ccc3c(c2)OCO3)nc1. The first kappa shape index (κ1) is 10.9. The lowest BCUT2D eigenvalue weighted by molar-refractivity contribution is 0.174. The highest BCUT2D eigenvalue weighted by molar-refractivity contribution is 5.55. The summed E-state index contributed by atoms with van der Waals surface area (Å²) in [4.78, 5) is 4.35. The molecule has 1 aliphatic heterocycles. The van der Waals surface area contributed by atoms with Crippen molar-refractivity contribution >= 4 is 5.69 Å². The number of hydrogen-bond donors (Lipinski definition) is 1. The molecule has 4 nitrogen and oxygen atoms in total. The second kappa shape index (κ2) is 4.56. The van der Waals surface area contributed by atoms with E-state index in [1.54, 1.807) is 0 Å². The number of nitrogens with zero attached hydrogens (tertiary/aromatic N) is 1. The number of hydrogen-bond acceptors (Lipinski definition) is 4. The molecule has 18 heavy (non-hydrogen) atoms. The van der Waals surface area contributed by atoms with Gasteiger partial charge in [0, 0.05) is 18.0 Å². The van der Waals surface area contributed by atoms with Crippen LogP contribution in [0.2, 0.25) is 0 Å². The number of rotatable bonds is 3. The number of pyridine rings is 1. The average molecular weight is 242 g/mol. The Hall–Kier alpha value is -2.23. The Bertz CT molecular complexity index is 552. The third kappa shape index (κ3) is 2.22. The molecule has 0 atom stereocenters. The van der Waals surface area contributed by atoms with Crippen molar-refractivity contribution in [2.24, 2.45) is 0 Å². The monoisotopic (exact) mass is 242 g/mol. The van der Waals surface area contributed by atoms with Crippen LogP contribution in [0.1, 0.15) is 11.3 Å². The van der Waals surface area contributed by atoms with Gasteiger partial charge in [0.05, 0.1) is 12.2 Å². The van der Waals surface area contributed by atoms with Gasteiger partial charge in [-0.15, -0.1) is 0 Å². The van der Waals surface area contributed by atoms with Crippen molar-refractivity contribution in [1.29, 1.82) is 0 Å². The van der Waals surface area contributed by atoms with Gasteiger partial charge in [0.25, 0.3) is 0 Å². The van der Waals surface area contributed by atoms with Crippen LogP contribution in [0, 0.1) is 6.92 Å². The highest BCUT2D eigenvalue weighted by Crippen LogP contribution is 2.34. The number of ether oxygens (including phenoxy) is 2. The second-order valence-electron chi connectivity index (χ2n) is 4.25. The molecule has 0 amide bonds. The van der Waals surface area contributed by atoms with Crippen LogP contribution < -0.4 is 14.8 Å². The van der Waals surface area contributed by atoms with E-state index >= 15 is 0 Å². The van der Waals surface area contributed by atoms with E-state index in [9.17, 15) is 0 Å². The van der Waals surface area contributed by atoms with Crippen LogP contribution in [-0.2, 0) is 6.54 Å². The Morgan fingerprint density at radius 3 is 2.89 bits per heavy atom. The fraction of sp³-hybridized carbons (Fsp3) is 0.214. The molecule has 0 spiro atoms. The molecule has 4 heteroatoms. The molecule has 0 unspecified atom stereocenters. The Kier molecular flexibility index (Phi) is 2.76. The largest absolute Gasteiger partial charge is 0.454 e. The maximum atomic E-state index is 5.33. The molecule has 1 aromatic carbocycles. The second-order valence-corrected chi connectivity index (χ2v) is 4.25. The van der Waals surface area contributed by atoms with E-state index in [2.05, 4.69) is 16.4 Å². The van der Waals surface area contributed by atoms with Gasteiger partial charge in [-0.05, 0) is 30.7 Å². The third-order valence-electron chi connectivity index (χ3n) is 2.82. The number of fused-ring (bicyclic) bond motifs is 1. The van der Waals surface area contributed by atoms with Crippen LogP contribution in [0.3, 0.4) is 0 Å². The van der Waals surface area contributed by atoms with Gasteiger partial charge in [-0.3, -0.25) is 4.98 Å². The standard InChI is InChI=1S/C14H14N2O2/c1-10-2-3-12(15-7-10)8-16-11-4-5-13-14(6-11)18-9-17-13/h2-7,16H,8-9H2,1H3. The summed E-state index contributed by atoms with van der Waals surface area (Å²) < 4.78 is 10.6. The minimum absolute atomic E-state index is 0.304. The van der Waals surface area contributed by atoms with Crippen molar-refractivity contribution in [2.45, 2.75) is 13.5 Å². The lowest BCUT2D eigenvalue weighted by Crippen LogP contribution is -2.01. The van der Waals surface area contributed by atoms with Gasteiger partial charge < -0.3 is 14.8 Å². The lowest BCUT2D eigenvalue weighted by Gasteiger charge is -2.07. The third-order valence-corrected chi connectivity index (χ3v) is 2.82. The summed E-state index contributed by atoms with van der Waals surface area (Å²) in [5.41, 5.74) is 3.18. The molecule has 92 valence electrons. The number of anilines is 1. The van der Waals surface area contributed by atoms with Crippen LogP contribution in [0.4, 0.5) is 5.69 Å². The van der Waals surface area contributed by atoms with E-state index in [4.69, 9.17) is 9.47 Å². The summed E-state index contributed by atoms with van der Waals surface area (Å²) in [6.45, 7) is 3.03. The molecule has 0 saturated carbocycles. The summed E-state index contributed by atoms with van der Waals surface area (Å²) in [5.74, 6) is 1.59. The molecular weight excluding hydrogens is 228 g/mol. The molecule has 1 aromatic heterocycles. The first-order valence-corrected chi connectivity index (χ1v) is 5.86. The molecule has 0 bridgehead atoms. The Morgan fingerprint density at radius 1 is 1.17 bits per heavy atom. The van der Waals surface area contributed by atoms with Gasteiger partial charge in [-0.2, -0.15) is 0 Å². The molecule has 3 rings (SSSR count). The predicted octanol–water partition coefficient (Wildman–Crippen LogP) is 2.73. The zero-order chi connectivity index (χ0) is 12.4. The molecule has 0 saturated heterocycles. The molecule has 0 aliphatic carbocycles. The van der Waals surface area contributed by atoms with Crippen LogP contribution in [0.5, 0.6) is 11.5 Å². The van der Waals surface area contributed by atoms with E-state index in [0.29, 0.717) is 13.3 Å². The molecule has 0 fully saturated rings. The van der Waals surface area contributed by atoms with Crippen molar-refractivity contribution in [3.63, 3.8) is 0 Å². The fourth-order valence-electron chi connectivity index (χ4n) is 1.80. The highest BCUT2D eigenvalue weighted by Gasteiger charge is 2.12. The quantitative estimate of drug-likeness (QED) is 0.898. The van der Waals surface area contributed by atoms with E-state index < -0.39 is 0 Å². The molecule has 1 N–H and O–H groups in total. The van der Waals surface area contributed by atoms with Gasteiger partial charge in [0.2, 0.25) is 6.79 Å². The summed E-state index contributed by atoms with van der Waals surface area (Å²) >= 11 is 0. The van der Waals surface area contributed by atoms with E-state index in [1.807, 2.05) is 37.4 Å². The summed E-state index contributed by atoms with van der Waals surface area (Å²) in [5, 5.41) is 3.31. The molecular formula is C14H14N2O2. The first-order valence-electron chi connectivity index (χ1n) is 5.86. The van der Waals surface area contributed by atoms with Crippen molar-refractivity contribution in [2.75, 3.05) is 12.1 Å². The molecule has 2 aromatic rings. The fourth-order valence-corrected chi connectivity index (χ4v) is 1.80. The zero-order valence-corrected chi connectivity index (χ0v) is 10.1. The van der Waals surface area contributed by atoms with Crippen molar-refractivity contribution in [3.8, 4) is 11.5 Å². The number of aryl methyl sites for hydroxylation is 1. The van der Waals surface area contributed by atoms with Gasteiger partial charge >= 0.3 is 0 Å².